The second-order valence-electron chi connectivity index (χ2n) is 3.63. The van der Waals surface area contributed by atoms with Crippen molar-refractivity contribution in [1.29, 1.82) is 0 Å². The molecule has 0 amide bonds. The van der Waals surface area contributed by atoms with Gasteiger partial charge in [0.05, 0.1) is 4.47 Å². The van der Waals surface area contributed by atoms with E-state index in [1.165, 1.54) is 0 Å². The maximum absolute atomic E-state index is 11.0. The fraction of sp³-hybridized carbons (Fsp3) is 0.500. The fourth-order valence-corrected chi connectivity index (χ4v) is 2.63. The van der Waals surface area contributed by atoms with Crippen LogP contribution in [0.4, 0.5) is 5.82 Å². The standard InChI is InChI=1S/C10H15BrN2OS/c1-7-4-9(11)10(12-5-7)13-8(2)6-15(3)14/h4-5,8H,6H2,1-3H3,(H,12,13). The molecule has 2 atom stereocenters. The maximum atomic E-state index is 11.0. The van der Waals surface area contributed by atoms with E-state index >= 15 is 0 Å². The van der Waals surface area contributed by atoms with Gasteiger partial charge in [0.2, 0.25) is 0 Å². The molecule has 15 heavy (non-hydrogen) atoms. The fourth-order valence-electron chi connectivity index (χ4n) is 1.27. The molecule has 0 aromatic carbocycles. The van der Waals surface area contributed by atoms with Gasteiger partial charge in [0.15, 0.2) is 0 Å². The summed E-state index contributed by atoms with van der Waals surface area (Å²) in [6.07, 6.45) is 3.51. The number of anilines is 1. The Morgan fingerprint density at radius 3 is 2.87 bits per heavy atom. The first-order valence-corrected chi connectivity index (χ1v) is 7.19. The largest absolute Gasteiger partial charge is 0.366 e. The minimum atomic E-state index is -0.786. The van der Waals surface area contributed by atoms with Crippen molar-refractivity contribution in [3.05, 3.63) is 22.3 Å². The van der Waals surface area contributed by atoms with Crippen molar-refractivity contribution in [3.63, 3.8) is 0 Å². The van der Waals surface area contributed by atoms with Gasteiger partial charge in [-0.05, 0) is 41.4 Å². The summed E-state index contributed by atoms with van der Waals surface area (Å²) in [4.78, 5) is 4.27. The van der Waals surface area contributed by atoms with Gasteiger partial charge in [0.25, 0.3) is 0 Å². The minimum Gasteiger partial charge on any atom is -0.366 e. The number of rotatable bonds is 4. The summed E-state index contributed by atoms with van der Waals surface area (Å²) < 4.78 is 12.0. The summed E-state index contributed by atoms with van der Waals surface area (Å²) in [5, 5.41) is 3.22. The molecule has 1 rings (SSSR count). The van der Waals surface area contributed by atoms with Crippen LogP contribution in [0.3, 0.4) is 0 Å². The molecule has 5 heteroatoms. The molecule has 0 aliphatic heterocycles. The van der Waals surface area contributed by atoms with Crippen molar-refractivity contribution in [3.8, 4) is 0 Å². The lowest BCUT2D eigenvalue weighted by Gasteiger charge is -2.14. The molecular formula is C10H15BrN2OS. The Labute approximate surface area is 101 Å². The van der Waals surface area contributed by atoms with E-state index in [-0.39, 0.29) is 6.04 Å². The van der Waals surface area contributed by atoms with E-state index in [1.54, 1.807) is 6.26 Å². The number of halogens is 1. The van der Waals surface area contributed by atoms with E-state index in [2.05, 4.69) is 26.2 Å². The quantitative estimate of drug-likeness (QED) is 0.925. The van der Waals surface area contributed by atoms with E-state index in [0.717, 1.165) is 15.9 Å². The Balaban J connectivity index is 2.68. The normalized spacial score (nSPS) is 14.7. The summed E-state index contributed by atoms with van der Waals surface area (Å²) in [6, 6.07) is 2.16. The summed E-state index contributed by atoms with van der Waals surface area (Å²) in [6.45, 7) is 3.99. The molecule has 0 bridgehead atoms. The SMILES string of the molecule is Cc1cnc(NC(C)CS(C)=O)c(Br)c1. The van der Waals surface area contributed by atoms with Gasteiger partial charge in [0, 0.05) is 35.0 Å². The second-order valence-corrected chi connectivity index (χ2v) is 5.96. The highest BCUT2D eigenvalue weighted by molar-refractivity contribution is 9.10. The van der Waals surface area contributed by atoms with Crippen molar-refractivity contribution in [2.75, 3.05) is 17.3 Å². The molecule has 0 saturated heterocycles. The van der Waals surface area contributed by atoms with Crippen molar-refractivity contribution < 1.29 is 4.21 Å². The van der Waals surface area contributed by atoms with E-state index in [1.807, 2.05) is 26.1 Å². The topological polar surface area (TPSA) is 42.0 Å². The number of pyridine rings is 1. The van der Waals surface area contributed by atoms with Gasteiger partial charge in [-0.3, -0.25) is 4.21 Å². The zero-order chi connectivity index (χ0) is 11.4. The molecule has 1 aromatic heterocycles. The molecule has 1 N–H and O–H groups in total. The van der Waals surface area contributed by atoms with Crippen LogP contribution in [0.15, 0.2) is 16.7 Å². The number of nitrogens with zero attached hydrogens (tertiary/aromatic N) is 1. The van der Waals surface area contributed by atoms with Gasteiger partial charge in [-0.25, -0.2) is 4.98 Å². The Kier molecular flexibility index (Phi) is 4.73. The molecule has 0 aliphatic carbocycles. The van der Waals surface area contributed by atoms with Crippen molar-refractivity contribution >= 4 is 32.5 Å². The average molecular weight is 291 g/mol. The van der Waals surface area contributed by atoms with Gasteiger partial charge >= 0.3 is 0 Å². The third-order valence-corrected chi connectivity index (χ3v) is 3.42. The Hall–Kier alpha value is -0.420. The van der Waals surface area contributed by atoms with E-state index in [0.29, 0.717) is 5.75 Å². The van der Waals surface area contributed by atoms with Gasteiger partial charge in [0.1, 0.15) is 5.82 Å². The van der Waals surface area contributed by atoms with Crippen LogP contribution < -0.4 is 5.32 Å². The van der Waals surface area contributed by atoms with Crippen LogP contribution in [0.1, 0.15) is 12.5 Å². The van der Waals surface area contributed by atoms with E-state index in [9.17, 15) is 4.21 Å². The van der Waals surface area contributed by atoms with Crippen LogP contribution >= 0.6 is 15.9 Å². The molecule has 0 saturated carbocycles. The van der Waals surface area contributed by atoms with Crippen LogP contribution in [0.2, 0.25) is 0 Å². The smallest absolute Gasteiger partial charge is 0.140 e. The molecule has 3 nitrogen and oxygen atoms in total. The maximum Gasteiger partial charge on any atom is 0.140 e. The Morgan fingerprint density at radius 2 is 2.33 bits per heavy atom. The van der Waals surface area contributed by atoms with E-state index in [4.69, 9.17) is 0 Å². The molecular weight excluding hydrogens is 276 g/mol. The van der Waals surface area contributed by atoms with Gasteiger partial charge < -0.3 is 5.32 Å². The Morgan fingerprint density at radius 1 is 1.67 bits per heavy atom. The molecule has 0 spiro atoms. The minimum absolute atomic E-state index is 0.155. The number of aryl methyl sites for hydroxylation is 1. The molecule has 0 aliphatic rings. The van der Waals surface area contributed by atoms with Gasteiger partial charge in [-0.15, -0.1) is 0 Å². The predicted octanol–water partition coefficient (Wildman–Crippen LogP) is 2.33. The lowest BCUT2D eigenvalue weighted by molar-refractivity contribution is 0.683. The van der Waals surface area contributed by atoms with Crippen LogP contribution in [-0.4, -0.2) is 27.2 Å². The first-order chi connectivity index (χ1) is 6.99. The highest BCUT2D eigenvalue weighted by Crippen LogP contribution is 2.21. The van der Waals surface area contributed by atoms with Gasteiger partial charge in [-0.1, -0.05) is 0 Å². The number of aromatic nitrogens is 1. The van der Waals surface area contributed by atoms with Crippen LogP contribution in [-0.2, 0) is 10.8 Å². The molecule has 2 unspecified atom stereocenters. The third kappa shape index (κ3) is 4.30. The Bertz CT molecular complexity index is 370. The third-order valence-electron chi connectivity index (χ3n) is 1.85. The monoisotopic (exact) mass is 290 g/mol. The zero-order valence-corrected chi connectivity index (χ0v) is 11.5. The van der Waals surface area contributed by atoms with Crippen molar-refractivity contribution in [1.82, 2.24) is 4.98 Å². The molecule has 1 aromatic rings. The summed E-state index contributed by atoms with van der Waals surface area (Å²) in [5.41, 5.74) is 1.11. The van der Waals surface area contributed by atoms with Crippen LogP contribution in [0.25, 0.3) is 0 Å². The second kappa shape index (κ2) is 5.61. The molecule has 0 fully saturated rings. The van der Waals surface area contributed by atoms with Crippen molar-refractivity contribution in [2.24, 2.45) is 0 Å². The predicted molar refractivity (Wildman–Crippen MR) is 68.7 cm³/mol. The first kappa shape index (κ1) is 12.6. The highest BCUT2D eigenvalue weighted by Gasteiger charge is 2.07. The lowest BCUT2D eigenvalue weighted by Crippen LogP contribution is -2.23. The number of nitrogens with one attached hydrogen (secondary N) is 1. The molecule has 1 heterocycles. The number of hydrogen-bond acceptors (Lipinski definition) is 3. The molecule has 84 valence electrons. The zero-order valence-electron chi connectivity index (χ0n) is 9.08. The average Bonchev–Trinajstić information content (AvgIpc) is 2.08. The highest BCUT2D eigenvalue weighted by atomic mass is 79.9. The summed E-state index contributed by atoms with van der Waals surface area (Å²) in [5.74, 6) is 1.43. The van der Waals surface area contributed by atoms with Gasteiger partial charge in [-0.2, -0.15) is 0 Å². The molecule has 0 radical (unpaired) electrons. The summed E-state index contributed by atoms with van der Waals surface area (Å²) >= 11 is 3.44. The van der Waals surface area contributed by atoms with Crippen molar-refractivity contribution in [2.45, 2.75) is 19.9 Å². The van der Waals surface area contributed by atoms with Crippen LogP contribution in [0.5, 0.6) is 0 Å². The lowest BCUT2D eigenvalue weighted by atomic mass is 10.3. The van der Waals surface area contributed by atoms with Crippen LogP contribution in [0, 0.1) is 6.92 Å². The first-order valence-electron chi connectivity index (χ1n) is 4.67. The van der Waals surface area contributed by atoms with E-state index < -0.39 is 10.8 Å². The number of hydrogen-bond donors (Lipinski definition) is 1. The summed E-state index contributed by atoms with van der Waals surface area (Å²) in [7, 11) is -0.786.